The number of Topliss-reactive ketones (excluding diaryl/α,β-unsaturated/α-hetero) is 1. The molecule has 0 atom stereocenters. The van der Waals surface area contributed by atoms with E-state index in [0.29, 0.717) is 24.2 Å². The third kappa shape index (κ3) is 2.31. The third-order valence-electron chi connectivity index (χ3n) is 2.11. The summed E-state index contributed by atoms with van der Waals surface area (Å²) in [6, 6.07) is 0. The molecule has 78 valence electrons. The Kier molecular flexibility index (Phi) is 3.62. The summed E-state index contributed by atoms with van der Waals surface area (Å²) in [6.45, 7) is 1.81. The van der Waals surface area contributed by atoms with Gasteiger partial charge in [-0.3, -0.25) is 4.79 Å². The molecule has 0 spiro atoms. The quantitative estimate of drug-likeness (QED) is 0.703. The first-order valence-corrected chi connectivity index (χ1v) is 5.13. The Bertz CT molecular complexity index is 303. The number of methoxy groups -OCH3 is 1. The van der Waals surface area contributed by atoms with E-state index in [-0.39, 0.29) is 5.78 Å². The molecule has 4 heteroatoms. The van der Waals surface area contributed by atoms with Gasteiger partial charge >= 0.3 is 0 Å². The zero-order valence-corrected chi connectivity index (χ0v) is 9.65. The molecular weight excluding hydrogens is 223 g/mol. The Morgan fingerprint density at radius 2 is 2.21 bits per heavy atom. The fourth-order valence-corrected chi connectivity index (χ4v) is 1.89. The van der Waals surface area contributed by atoms with Gasteiger partial charge in [0.05, 0.1) is 7.11 Å². The van der Waals surface area contributed by atoms with E-state index in [0.717, 1.165) is 0 Å². The number of hydrogen-bond donors (Lipinski definition) is 0. The van der Waals surface area contributed by atoms with E-state index in [4.69, 9.17) is 27.9 Å². The summed E-state index contributed by atoms with van der Waals surface area (Å²) in [5, 5.41) is 0. The van der Waals surface area contributed by atoms with Crippen molar-refractivity contribution in [2.75, 3.05) is 7.11 Å². The lowest BCUT2D eigenvalue weighted by Crippen LogP contribution is -2.23. The minimum Gasteiger partial charge on any atom is -0.498 e. The van der Waals surface area contributed by atoms with Gasteiger partial charge in [-0.1, -0.05) is 36.2 Å². The number of hydrogen-bond acceptors (Lipinski definition) is 2. The van der Waals surface area contributed by atoms with Gasteiger partial charge in [0.1, 0.15) is 5.76 Å². The van der Waals surface area contributed by atoms with Gasteiger partial charge in [-0.2, -0.15) is 0 Å². The molecule has 1 rings (SSSR count). The van der Waals surface area contributed by atoms with E-state index in [9.17, 15) is 4.79 Å². The second kappa shape index (κ2) is 4.37. The maximum atomic E-state index is 11.4. The molecule has 0 radical (unpaired) electrons. The minimum atomic E-state index is -1.11. The highest BCUT2D eigenvalue weighted by Gasteiger charge is 2.35. The Balaban J connectivity index is 2.92. The summed E-state index contributed by atoms with van der Waals surface area (Å²) in [5.74, 6) is 0.551. The second-order valence-corrected chi connectivity index (χ2v) is 4.57. The van der Waals surface area contributed by atoms with E-state index in [2.05, 4.69) is 0 Å². The Morgan fingerprint density at radius 1 is 1.57 bits per heavy atom. The number of allylic oxidation sites excluding steroid dienone is 4. The maximum Gasteiger partial charge on any atom is 0.178 e. The highest BCUT2D eigenvalue weighted by molar-refractivity contribution is 6.50. The molecule has 1 aliphatic rings. The number of halogens is 2. The van der Waals surface area contributed by atoms with Crippen LogP contribution in [0.4, 0.5) is 0 Å². The van der Waals surface area contributed by atoms with Gasteiger partial charge in [0, 0.05) is 12.8 Å². The molecule has 0 bridgehead atoms. The summed E-state index contributed by atoms with van der Waals surface area (Å²) >= 11 is 12.0. The highest BCUT2D eigenvalue weighted by Crippen LogP contribution is 2.39. The fourth-order valence-electron chi connectivity index (χ4n) is 1.32. The molecule has 0 saturated carbocycles. The molecule has 0 aromatic rings. The van der Waals surface area contributed by atoms with Crippen molar-refractivity contribution in [1.82, 2.24) is 0 Å². The average molecular weight is 235 g/mol. The van der Waals surface area contributed by atoms with Crippen molar-refractivity contribution in [1.29, 1.82) is 0 Å². The zero-order valence-electron chi connectivity index (χ0n) is 8.14. The van der Waals surface area contributed by atoms with Crippen molar-refractivity contribution < 1.29 is 9.53 Å². The van der Waals surface area contributed by atoms with Gasteiger partial charge in [-0.05, 0) is 11.6 Å². The van der Waals surface area contributed by atoms with Crippen LogP contribution in [0.5, 0.6) is 0 Å². The van der Waals surface area contributed by atoms with Crippen LogP contribution in [-0.2, 0) is 9.53 Å². The standard InChI is InChI=1S/C10H12Cl2O2/c1-3-8(13)7-4-5-9(14-2)10(11,12)6-7/h4-5H,3,6H2,1-2H3. The molecule has 0 fully saturated rings. The molecule has 0 N–H and O–H groups in total. The molecule has 0 saturated heterocycles. The fraction of sp³-hybridized carbons (Fsp3) is 0.500. The highest BCUT2D eigenvalue weighted by atomic mass is 35.5. The average Bonchev–Trinajstić information content (AvgIpc) is 2.15. The van der Waals surface area contributed by atoms with Crippen LogP contribution in [0, 0.1) is 0 Å². The Labute approximate surface area is 93.5 Å². The molecule has 1 aliphatic carbocycles. The largest absolute Gasteiger partial charge is 0.498 e. The van der Waals surface area contributed by atoms with Crippen LogP contribution in [-0.4, -0.2) is 17.2 Å². The molecule has 0 aromatic carbocycles. The summed E-state index contributed by atoms with van der Waals surface area (Å²) in [4.78, 5) is 11.4. The Hall–Kier alpha value is -0.470. The maximum absolute atomic E-state index is 11.4. The smallest absolute Gasteiger partial charge is 0.178 e. The molecule has 0 amide bonds. The van der Waals surface area contributed by atoms with Crippen LogP contribution in [0.2, 0.25) is 0 Å². The normalized spacial score (nSPS) is 19.7. The van der Waals surface area contributed by atoms with Gasteiger partial charge in [-0.15, -0.1) is 0 Å². The third-order valence-corrected chi connectivity index (χ3v) is 2.75. The molecule has 0 heterocycles. The zero-order chi connectivity index (χ0) is 10.8. The number of alkyl halides is 2. The molecule has 14 heavy (non-hydrogen) atoms. The number of ether oxygens (including phenoxy) is 1. The van der Waals surface area contributed by atoms with Crippen molar-refractivity contribution in [3.8, 4) is 0 Å². The van der Waals surface area contributed by atoms with E-state index in [1.807, 2.05) is 6.92 Å². The molecule has 0 aliphatic heterocycles. The van der Waals surface area contributed by atoms with Gasteiger partial charge in [0.25, 0.3) is 0 Å². The van der Waals surface area contributed by atoms with Crippen LogP contribution in [0.1, 0.15) is 19.8 Å². The lowest BCUT2D eigenvalue weighted by molar-refractivity contribution is -0.115. The monoisotopic (exact) mass is 234 g/mol. The van der Waals surface area contributed by atoms with Crippen LogP contribution in [0.15, 0.2) is 23.5 Å². The summed E-state index contributed by atoms with van der Waals surface area (Å²) in [5.41, 5.74) is 0.651. The number of ketones is 1. The first-order valence-electron chi connectivity index (χ1n) is 4.37. The molecule has 0 unspecified atom stereocenters. The van der Waals surface area contributed by atoms with E-state index >= 15 is 0 Å². The second-order valence-electron chi connectivity index (χ2n) is 3.08. The number of rotatable bonds is 3. The lowest BCUT2D eigenvalue weighted by atomic mass is 9.98. The minimum absolute atomic E-state index is 0.0714. The van der Waals surface area contributed by atoms with Crippen molar-refractivity contribution >= 4 is 29.0 Å². The first-order chi connectivity index (χ1) is 6.51. The topological polar surface area (TPSA) is 26.3 Å². The predicted molar refractivity (Wildman–Crippen MR) is 57.5 cm³/mol. The van der Waals surface area contributed by atoms with Crippen molar-refractivity contribution in [2.24, 2.45) is 0 Å². The van der Waals surface area contributed by atoms with Crippen LogP contribution in [0.25, 0.3) is 0 Å². The van der Waals surface area contributed by atoms with Gasteiger partial charge in [-0.25, -0.2) is 0 Å². The number of carbonyl (C=O) groups excluding carboxylic acids is 1. The van der Waals surface area contributed by atoms with Crippen LogP contribution in [0.3, 0.4) is 0 Å². The summed E-state index contributed by atoms with van der Waals surface area (Å²) in [7, 11) is 1.51. The van der Waals surface area contributed by atoms with Gasteiger partial charge in [0.2, 0.25) is 0 Å². The van der Waals surface area contributed by atoms with Crippen LogP contribution < -0.4 is 0 Å². The van der Waals surface area contributed by atoms with E-state index in [1.165, 1.54) is 7.11 Å². The van der Waals surface area contributed by atoms with Crippen LogP contribution >= 0.6 is 23.2 Å². The number of carbonyl (C=O) groups is 1. The predicted octanol–water partition coefficient (Wildman–Crippen LogP) is 3.00. The van der Waals surface area contributed by atoms with Crippen molar-refractivity contribution in [3.05, 3.63) is 23.5 Å². The lowest BCUT2D eigenvalue weighted by Gasteiger charge is -2.25. The van der Waals surface area contributed by atoms with Gasteiger partial charge < -0.3 is 4.74 Å². The summed E-state index contributed by atoms with van der Waals surface area (Å²) in [6.07, 6.45) is 4.13. The first kappa shape index (κ1) is 11.6. The van der Waals surface area contributed by atoms with E-state index < -0.39 is 4.33 Å². The van der Waals surface area contributed by atoms with E-state index in [1.54, 1.807) is 12.2 Å². The Morgan fingerprint density at radius 3 is 2.64 bits per heavy atom. The van der Waals surface area contributed by atoms with Gasteiger partial charge in [0.15, 0.2) is 10.1 Å². The molecular formula is C10H12Cl2O2. The molecule has 2 nitrogen and oxygen atoms in total. The summed E-state index contributed by atoms with van der Waals surface area (Å²) < 4.78 is 3.90. The van der Waals surface area contributed by atoms with Crippen molar-refractivity contribution in [2.45, 2.75) is 24.1 Å². The molecule has 0 aromatic heterocycles. The van der Waals surface area contributed by atoms with Crippen molar-refractivity contribution in [3.63, 3.8) is 0 Å². The SMILES string of the molecule is CCC(=O)C1=CC=C(OC)C(Cl)(Cl)C1.